The minimum Gasteiger partial charge on any atom is -0.480 e. The maximum Gasteiger partial charge on any atom is 0.316 e. The number of benzene rings is 1. The monoisotopic (exact) mass is 309 g/mol. The first-order valence-electron chi connectivity index (χ1n) is 6.61. The van der Waals surface area contributed by atoms with Crippen molar-refractivity contribution >= 4 is 29.5 Å². The van der Waals surface area contributed by atoms with Gasteiger partial charge in [-0.15, -0.1) is 11.8 Å². The number of carboxylic acid groups (broad SMARTS) is 1. The summed E-state index contributed by atoms with van der Waals surface area (Å²) in [6, 6.07) is 9.10. The summed E-state index contributed by atoms with van der Waals surface area (Å²) in [5.41, 5.74) is 0.820. The molecule has 0 aliphatic heterocycles. The fourth-order valence-corrected chi connectivity index (χ4v) is 2.66. The summed E-state index contributed by atoms with van der Waals surface area (Å²) in [7, 11) is 0. The van der Waals surface area contributed by atoms with Crippen molar-refractivity contribution < 1.29 is 19.5 Å². The number of carboxylic acids is 1. The quantitative estimate of drug-likeness (QED) is 0.801. The highest BCUT2D eigenvalue weighted by Crippen LogP contribution is 2.19. The fraction of sp³-hybridized carbons (Fsp3) is 0.400. The Bertz CT molecular complexity index is 502. The Morgan fingerprint density at radius 1 is 1.14 bits per heavy atom. The molecular weight excluding hydrogens is 290 g/mol. The third-order valence-corrected chi connectivity index (χ3v) is 4.26. The number of aliphatic carboxylic acids is 1. The van der Waals surface area contributed by atoms with Gasteiger partial charge in [-0.1, -0.05) is 44.2 Å². The SMILES string of the molecule is CC(C)C(SCC(=O)NC(=O)Cc1ccccc1)C(=O)O. The lowest BCUT2D eigenvalue weighted by Gasteiger charge is -2.15. The van der Waals surface area contributed by atoms with Crippen LogP contribution in [0.5, 0.6) is 0 Å². The van der Waals surface area contributed by atoms with Crippen molar-refractivity contribution in [3.8, 4) is 0 Å². The van der Waals surface area contributed by atoms with E-state index in [2.05, 4.69) is 5.32 Å². The summed E-state index contributed by atoms with van der Waals surface area (Å²) in [5.74, 6) is -1.93. The first kappa shape index (κ1) is 17.2. The lowest BCUT2D eigenvalue weighted by Crippen LogP contribution is -2.34. The van der Waals surface area contributed by atoms with Gasteiger partial charge in [0, 0.05) is 0 Å². The predicted octanol–water partition coefficient (Wildman–Crippen LogP) is 1.71. The zero-order valence-electron chi connectivity index (χ0n) is 12.0. The minimum atomic E-state index is -0.946. The highest BCUT2D eigenvalue weighted by atomic mass is 32.2. The van der Waals surface area contributed by atoms with Crippen LogP contribution < -0.4 is 5.32 Å². The Morgan fingerprint density at radius 3 is 2.29 bits per heavy atom. The first-order valence-corrected chi connectivity index (χ1v) is 7.66. The summed E-state index contributed by atoms with van der Waals surface area (Å²) in [5, 5.41) is 10.6. The Labute approximate surface area is 128 Å². The number of amides is 2. The second-order valence-electron chi connectivity index (χ2n) is 4.95. The molecule has 1 rings (SSSR count). The van der Waals surface area contributed by atoms with Crippen LogP contribution in [-0.2, 0) is 20.8 Å². The maximum absolute atomic E-state index is 11.7. The molecule has 0 aliphatic rings. The molecule has 0 spiro atoms. The Balaban J connectivity index is 2.39. The molecule has 0 saturated carbocycles. The van der Waals surface area contributed by atoms with Crippen LogP contribution in [0, 0.1) is 5.92 Å². The van der Waals surface area contributed by atoms with Gasteiger partial charge < -0.3 is 5.11 Å². The molecule has 114 valence electrons. The maximum atomic E-state index is 11.7. The molecule has 1 unspecified atom stereocenters. The number of rotatable bonds is 7. The van der Waals surface area contributed by atoms with E-state index in [-0.39, 0.29) is 24.0 Å². The van der Waals surface area contributed by atoms with Gasteiger partial charge in [0.05, 0.1) is 12.2 Å². The van der Waals surface area contributed by atoms with Gasteiger partial charge >= 0.3 is 5.97 Å². The van der Waals surface area contributed by atoms with Gasteiger partial charge in [-0.3, -0.25) is 19.7 Å². The largest absolute Gasteiger partial charge is 0.480 e. The van der Waals surface area contributed by atoms with Crippen molar-refractivity contribution in [2.45, 2.75) is 25.5 Å². The molecule has 0 heterocycles. The zero-order valence-corrected chi connectivity index (χ0v) is 12.9. The van der Waals surface area contributed by atoms with Crippen molar-refractivity contribution in [3.63, 3.8) is 0 Å². The van der Waals surface area contributed by atoms with E-state index >= 15 is 0 Å². The molecule has 6 heteroatoms. The molecular formula is C15H19NO4S. The normalized spacial score (nSPS) is 12.0. The van der Waals surface area contributed by atoms with Crippen molar-refractivity contribution in [1.82, 2.24) is 5.32 Å². The third kappa shape index (κ3) is 6.44. The average molecular weight is 309 g/mol. The van der Waals surface area contributed by atoms with Crippen LogP contribution in [0.3, 0.4) is 0 Å². The summed E-state index contributed by atoms with van der Waals surface area (Å²) >= 11 is 1.03. The van der Waals surface area contributed by atoms with E-state index in [0.29, 0.717) is 0 Å². The number of carbonyl (C=O) groups excluding carboxylic acids is 2. The Kier molecular flexibility index (Phi) is 6.94. The van der Waals surface area contributed by atoms with E-state index in [0.717, 1.165) is 17.3 Å². The van der Waals surface area contributed by atoms with E-state index < -0.39 is 17.1 Å². The lowest BCUT2D eigenvalue weighted by molar-refractivity contribution is -0.137. The van der Waals surface area contributed by atoms with E-state index in [9.17, 15) is 14.4 Å². The molecule has 1 aromatic rings. The summed E-state index contributed by atoms with van der Waals surface area (Å²) in [6.07, 6.45) is 0.129. The van der Waals surface area contributed by atoms with E-state index in [1.807, 2.05) is 18.2 Å². The molecule has 0 fully saturated rings. The first-order chi connectivity index (χ1) is 9.90. The van der Waals surface area contributed by atoms with Crippen LogP contribution in [0.2, 0.25) is 0 Å². The molecule has 0 aliphatic carbocycles. The number of hydrogen-bond acceptors (Lipinski definition) is 4. The van der Waals surface area contributed by atoms with Gasteiger partial charge in [0.25, 0.3) is 0 Å². The number of imide groups is 1. The van der Waals surface area contributed by atoms with E-state index in [4.69, 9.17) is 5.11 Å². The van der Waals surface area contributed by atoms with Crippen LogP contribution in [0.25, 0.3) is 0 Å². The highest BCUT2D eigenvalue weighted by Gasteiger charge is 2.23. The standard InChI is InChI=1S/C15H19NO4S/c1-10(2)14(15(19)20)21-9-13(18)16-12(17)8-11-6-4-3-5-7-11/h3-7,10,14H,8-9H2,1-2H3,(H,19,20)(H,16,17,18). The molecule has 1 aromatic carbocycles. The number of carbonyl (C=O) groups is 3. The van der Waals surface area contributed by atoms with E-state index in [1.165, 1.54) is 0 Å². The smallest absolute Gasteiger partial charge is 0.316 e. The van der Waals surface area contributed by atoms with Crippen LogP contribution >= 0.6 is 11.8 Å². The van der Waals surface area contributed by atoms with Crippen molar-refractivity contribution in [1.29, 1.82) is 0 Å². The van der Waals surface area contributed by atoms with Crippen molar-refractivity contribution in [2.24, 2.45) is 5.92 Å². The van der Waals surface area contributed by atoms with E-state index in [1.54, 1.807) is 26.0 Å². The molecule has 0 saturated heterocycles. The molecule has 2 amide bonds. The van der Waals surface area contributed by atoms with Gasteiger partial charge in [-0.2, -0.15) is 0 Å². The van der Waals surface area contributed by atoms with Crippen molar-refractivity contribution in [2.75, 3.05) is 5.75 Å². The Morgan fingerprint density at radius 2 is 1.76 bits per heavy atom. The lowest BCUT2D eigenvalue weighted by atomic mass is 10.1. The number of nitrogens with one attached hydrogen (secondary N) is 1. The molecule has 0 aromatic heterocycles. The van der Waals surface area contributed by atoms with Gasteiger partial charge in [-0.25, -0.2) is 0 Å². The minimum absolute atomic E-state index is 0.0460. The molecule has 0 bridgehead atoms. The molecule has 1 atom stereocenters. The third-order valence-electron chi connectivity index (χ3n) is 2.73. The summed E-state index contributed by atoms with van der Waals surface area (Å²) in [4.78, 5) is 34.3. The second-order valence-corrected chi connectivity index (χ2v) is 6.08. The van der Waals surface area contributed by atoms with Crippen LogP contribution in [-0.4, -0.2) is 33.9 Å². The van der Waals surface area contributed by atoms with Gasteiger partial charge in [0.2, 0.25) is 11.8 Å². The van der Waals surface area contributed by atoms with Crippen LogP contribution in [0.15, 0.2) is 30.3 Å². The van der Waals surface area contributed by atoms with Crippen LogP contribution in [0.1, 0.15) is 19.4 Å². The van der Waals surface area contributed by atoms with Gasteiger partial charge in [0.1, 0.15) is 5.25 Å². The average Bonchev–Trinajstić information content (AvgIpc) is 2.38. The zero-order chi connectivity index (χ0) is 15.8. The fourth-order valence-electron chi connectivity index (χ4n) is 1.73. The molecule has 0 radical (unpaired) electrons. The molecule has 21 heavy (non-hydrogen) atoms. The highest BCUT2D eigenvalue weighted by molar-refractivity contribution is 8.01. The second kappa shape index (κ2) is 8.46. The van der Waals surface area contributed by atoms with Gasteiger partial charge in [-0.05, 0) is 11.5 Å². The van der Waals surface area contributed by atoms with Crippen molar-refractivity contribution in [3.05, 3.63) is 35.9 Å². The number of thioether (sulfide) groups is 1. The molecule has 5 nitrogen and oxygen atoms in total. The topological polar surface area (TPSA) is 83.5 Å². The summed E-state index contributed by atoms with van der Waals surface area (Å²) < 4.78 is 0. The van der Waals surface area contributed by atoms with Crippen LogP contribution in [0.4, 0.5) is 0 Å². The predicted molar refractivity (Wildman–Crippen MR) is 82.0 cm³/mol. The van der Waals surface area contributed by atoms with Gasteiger partial charge in [0.15, 0.2) is 0 Å². The number of hydrogen-bond donors (Lipinski definition) is 2. The Hall–Kier alpha value is -1.82. The molecule has 2 N–H and O–H groups in total. The summed E-state index contributed by atoms with van der Waals surface area (Å²) in [6.45, 7) is 3.56.